The average molecular weight is 359 g/mol. The molecule has 2 heterocycles. The summed E-state index contributed by atoms with van der Waals surface area (Å²) in [6, 6.07) is 1.79. The van der Waals surface area contributed by atoms with Crippen molar-refractivity contribution in [3.05, 3.63) is 44.9 Å². The molecule has 106 valence electrons. The fourth-order valence-electron chi connectivity index (χ4n) is 1.75. The summed E-state index contributed by atoms with van der Waals surface area (Å²) in [5.41, 5.74) is 2.31. The van der Waals surface area contributed by atoms with Crippen LogP contribution in [0, 0.1) is 6.92 Å². The summed E-state index contributed by atoms with van der Waals surface area (Å²) in [6.45, 7) is 1.82. The minimum atomic E-state index is -0.192. The molecular weight excluding hydrogens is 346 g/mol. The number of anilines is 1. The zero-order valence-electron chi connectivity index (χ0n) is 10.7. The standard InChI is InChI=1S/C13H13BrClN3O2/c1-7-12(20)10(8(6-19)3-16-7)5-17-11-2-9(14)4-18-13(11)15/h2-4,17,19-20H,5-6H2,1H3. The average Bonchev–Trinajstić information content (AvgIpc) is 2.44. The van der Waals surface area contributed by atoms with E-state index in [0.29, 0.717) is 34.2 Å². The van der Waals surface area contributed by atoms with E-state index in [1.54, 1.807) is 25.4 Å². The lowest BCUT2D eigenvalue weighted by Gasteiger charge is -2.13. The molecule has 0 saturated carbocycles. The number of aromatic hydroxyl groups is 1. The van der Waals surface area contributed by atoms with E-state index in [4.69, 9.17) is 11.6 Å². The molecule has 3 N–H and O–H groups in total. The lowest BCUT2D eigenvalue weighted by molar-refractivity contribution is 0.279. The molecule has 7 heteroatoms. The van der Waals surface area contributed by atoms with E-state index in [9.17, 15) is 10.2 Å². The van der Waals surface area contributed by atoms with Gasteiger partial charge in [-0.1, -0.05) is 11.6 Å². The predicted octanol–water partition coefficient (Wildman–Crippen LogP) is 3.01. The second-order valence-electron chi connectivity index (χ2n) is 4.20. The molecule has 0 fully saturated rings. The van der Waals surface area contributed by atoms with E-state index >= 15 is 0 Å². The molecule has 0 amide bonds. The van der Waals surface area contributed by atoms with Crippen LogP contribution in [0.3, 0.4) is 0 Å². The highest BCUT2D eigenvalue weighted by atomic mass is 79.9. The third kappa shape index (κ3) is 3.20. The highest BCUT2D eigenvalue weighted by Crippen LogP contribution is 2.27. The SMILES string of the molecule is Cc1ncc(CO)c(CNc2cc(Br)cnc2Cl)c1O. The van der Waals surface area contributed by atoms with Gasteiger partial charge in [-0.05, 0) is 28.9 Å². The van der Waals surface area contributed by atoms with E-state index in [0.717, 1.165) is 4.47 Å². The van der Waals surface area contributed by atoms with Crippen LogP contribution in [0.5, 0.6) is 5.75 Å². The molecule has 0 spiro atoms. The van der Waals surface area contributed by atoms with Crippen molar-refractivity contribution < 1.29 is 10.2 Å². The Hall–Kier alpha value is -1.37. The molecule has 2 aromatic rings. The summed E-state index contributed by atoms with van der Waals surface area (Å²) in [5, 5.41) is 22.8. The quantitative estimate of drug-likeness (QED) is 0.732. The van der Waals surface area contributed by atoms with E-state index in [2.05, 4.69) is 31.2 Å². The third-order valence-electron chi connectivity index (χ3n) is 2.86. The summed E-state index contributed by atoms with van der Waals surface area (Å²) in [6.07, 6.45) is 3.15. The summed E-state index contributed by atoms with van der Waals surface area (Å²) in [7, 11) is 0. The van der Waals surface area contributed by atoms with Gasteiger partial charge in [0.05, 0.1) is 18.0 Å². The van der Waals surface area contributed by atoms with Gasteiger partial charge < -0.3 is 15.5 Å². The van der Waals surface area contributed by atoms with E-state index in [-0.39, 0.29) is 12.4 Å². The van der Waals surface area contributed by atoms with Crippen molar-refractivity contribution in [2.75, 3.05) is 5.32 Å². The molecule has 0 bridgehead atoms. The first-order chi connectivity index (χ1) is 9.52. The first kappa shape index (κ1) is 15.0. The molecule has 20 heavy (non-hydrogen) atoms. The van der Waals surface area contributed by atoms with Gasteiger partial charge in [-0.3, -0.25) is 4.98 Å². The van der Waals surface area contributed by atoms with Gasteiger partial charge >= 0.3 is 0 Å². The molecule has 2 rings (SSSR count). The summed E-state index contributed by atoms with van der Waals surface area (Å²) in [4.78, 5) is 8.02. The Balaban J connectivity index is 2.27. The first-order valence-corrected chi connectivity index (χ1v) is 7.02. The van der Waals surface area contributed by atoms with Crippen molar-refractivity contribution in [3.63, 3.8) is 0 Å². The number of aliphatic hydroxyl groups is 1. The van der Waals surface area contributed by atoms with Crippen molar-refractivity contribution in [2.24, 2.45) is 0 Å². The maximum Gasteiger partial charge on any atom is 0.152 e. The minimum Gasteiger partial charge on any atom is -0.506 e. The molecule has 0 aliphatic rings. The summed E-state index contributed by atoms with van der Waals surface area (Å²) >= 11 is 9.30. The van der Waals surface area contributed by atoms with Gasteiger partial charge in [-0.15, -0.1) is 0 Å². The zero-order chi connectivity index (χ0) is 14.7. The van der Waals surface area contributed by atoms with Crippen molar-refractivity contribution in [1.82, 2.24) is 9.97 Å². The van der Waals surface area contributed by atoms with Crippen LogP contribution in [0.2, 0.25) is 5.15 Å². The Morgan fingerprint density at radius 2 is 2.10 bits per heavy atom. The molecule has 0 aliphatic carbocycles. The predicted molar refractivity (Wildman–Crippen MR) is 80.8 cm³/mol. The van der Waals surface area contributed by atoms with Gasteiger partial charge in [0.2, 0.25) is 0 Å². The first-order valence-electron chi connectivity index (χ1n) is 5.85. The molecule has 0 saturated heterocycles. The second-order valence-corrected chi connectivity index (χ2v) is 5.47. The normalized spacial score (nSPS) is 10.6. The molecule has 0 atom stereocenters. The van der Waals surface area contributed by atoms with Crippen LogP contribution >= 0.6 is 27.5 Å². The molecular formula is C13H13BrClN3O2. The zero-order valence-corrected chi connectivity index (χ0v) is 13.0. The fraction of sp³-hybridized carbons (Fsp3) is 0.231. The topological polar surface area (TPSA) is 78.3 Å². The van der Waals surface area contributed by atoms with E-state index in [1.807, 2.05) is 0 Å². The largest absolute Gasteiger partial charge is 0.506 e. The van der Waals surface area contributed by atoms with E-state index < -0.39 is 0 Å². The van der Waals surface area contributed by atoms with Gasteiger partial charge in [0.25, 0.3) is 0 Å². The number of nitrogens with one attached hydrogen (secondary N) is 1. The van der Waals surface area contributed by atoms with Gasteiger partial charge in [0.1, 0.15) is 5.75 Å². The number of rotatable bonds is 4. The van der Waals surface area contributed by atoms with Crippen molar-refractivity contribution in [3.8, 4) is 5.75 Å². The number of halogens is 2. The summed E-state index contributed by atoms with van der Waals surface area (Å²) in [5.74, 6) is 0.0723. The molecule has 0 aromatic carbocycles. The van der Waals surface area contributed by atoms with Crippen LogP contribution in [0.1, 0.15) is 16.8 Å². The maximum absolute atomic E-state index is 10.0. The van der Waals surface area contributed by atoms with Gasteiger partial charge in [-0.25, -0.2) is 4.98 Å². The lowest BCUT2D eigenvalue weighted by atomic mass is 10.1. The van der Waals surface area contributed by atoms with Crippen LogP contribution in [0.4, 0.5) is 5.69 Å². The smallest absolute Gasteiger partial charge is 0.152 e. The van der Waals surface area contributed by atoms with Crippen molar-refractivity contribution >= 4 is 33.2 Å². The highest BCUT2D eigenvalue weighted by molar-refractivity contribution is 9.10. The molecule has 0 radical (unpaired) electrons. The number of nitrogens with zero attached hydrogens (tertiary/aromatic N) is 2. The maximum atomic E-state index is 10.0. The number of aryl methyl sites for hydroxylation is 1. The van der Waals surface area contributed by atoms with Crippen LogP contribution in [-0.2, 0) is 13.2 Å². The molecule has 0 aliphatic heterocycles. The number of hydrogen-bond donors (Lipinski definition) is 3. The second kappa shape index (κ2) is 6.39. The fourth-order valence-corrected chi connectivity index (χ4v) is 2.25. The Bertz CT molecular complexity index is 637. The van der Waals surface area contributed by atoms with Crippen molar-refractivity contribution in [2.45, 2.75) is 20.1 Å². The minimum absolute atomic E-state index is 0.0723. The van der Waals surface area contributed by atoms with Gasteiger partial charge in [0.15, 0.2) is 5.15 Å². The van der Waals surface area contributed by atoms with Crippen LogP contribution in [-0.4, -0.2) is 20.2 Å². The lowest BCUT2D eigenvalue weighted by Crippen LogP contribution is -2.06. The van der Waals surface area contributed by atoms with Gasteiger partial charge in [0, 0.05) is 34.5 Å². The Morgan fingerprint density at radius 3 is 2.80 bits per heavy atom. The Morgan fingerprint density at radius 1 is 1.35 bits per heavy atom. The Labute approximate surface area is 129 Å². The van der Waals surface area contributed by atoms with Crippen molar-refractivity contribution in [1.29, 1.82) is 0 Å². The number of aromatic nitrogens is 2. The molecule has 5 nitrogen and oxygen atoms in total. The molecule has 0 unspecified atom stereocenters. The van der Waals surface area contributed by atoms with Crippen LogP contribution in [0.15, 0.2) is 22.9 Å². The highest BCUT2D eigenvalue weighted by Gasteiger charge is 2.12. The van der Waals surface area contributed by atoms with Gasteiger partial charge in [-0.2, -0.15) is 0 Å². The van der Waals surface area contributed by atoms with Crippen LogP contribution in [0.25, 0.3) is 0 Å². The van der Waals surface area contributed by atoms with E-state index in [1.165, 1.54) is 0 Å². The monoisotopic (exact) mass is 357 g/mol. The summed E-state index contributed by atoms with van der Waals surface area (Å²) < 4.78 is 0.793. The number of hydrogen-bond acceptors (Lipinski definition) is 5. The van der Waals surface area contributed by atoms with Crippen LogP contribution < -0.4 is 5.32 Å². The number of aliphatic hydroxyl groups excluding tert-OH is 1. The number of pyridine rings is 2. The third-order valence-corrected chi connectivity index (χ3v) is 3.60. The Kier molecular flexibility index (Phi) is 4.80. The molecule has 2 aromatic heterocycles.